The molecule has 0 amide bonds. The van der Waals surface area contributed by atoms with Crippen LogP contribution in [0.5, 0.6) is 0 Å². The van der Waals surface area contributed by atoms with E-state index in [-0.39, 0.29) is 12.2 Å². The Morgan fingerprint density at radius 2 is 2.06 bits per heavy atom. The molecule has 0 aliphatic rings. The van der Waals surface area contributed by atoms with Crippen molar-refractivity contribution in [2.24, 2.45) is 0 Å². The number of hydrogen-bond donors (Lipinski definition) is 1. The molecule has 0 saturated heterocycles. The minimum atomic E-state index is -0.277. The summed E-state index contributed by atoms with van der Waals surface area (Å²) in [5.41, 5.74) is 1.26. The monoisotopic (exact) mass is 264 g/mol. The molecule has 2 rings (SSSR count). The second kappa shape index (κ2) is 6.32. The molecular formula is C15H20O2S. The Morgan fingerprint density at radius 3 is 2.83 bits per heavy atom. The molecule has 0 fully saturated rings. The zero-order valence-corrected chi connectivity index (χ0v) is 11.7. The maximum absolute atomic E-state index is 10.1. The minimum Gasteiger partial charge on any atom is -0.393 e. The maximum Gasteiger partial charge on any atom is 0.0582 e. The summed E-state index contributed by atoms with van der Waals surface area (Å²) in [6.45, 7) is 2.03. The molecule has 0 spiro atoms. The Balaban J connectivity index is 1.96. The van der Waals surface area contributed by atoms with E-state index in [1.807, 2.05) is 6.92 Å². The Morgan fingerprint density at radius 1 is 1.28 bits per heavy atom. The van der Waals surface area contributed by atoms with E-state index >= 15 is 0 Å². The van der Waals surface area contributed by atoms with E-state index < -0.39 is 0 Å². The molecule has 2 atom stereocenters. The van der Waals surface area contributed by atoms with E-state index in [0.717, 1.165) is 19.3 Å². The number of benzene rings is 1. The summed E-state index contributed by atoms with van der Waals surface area (Å²) in [5, 5.41) is 13.5. The van der Waals surface area contributed by atoms with Crippen molar-refractivity contribution in [1.82, 2.24) is 0 Å². The lowest BCUT2D eigenvalue weighted by Gasteiger charge is -2.13. The first-order valence-electron chi connectivity index (χ1n) is 6.36. The smallest absolute Gasteiger partial charge is 0.0582 e. The first-order chi connectivity index (χ1) is 8.70. The standard InChI is InChI=1S/C15H20O2S/c1-11(17-2)7-8-13(16)9-12-10-18-15-6-4-3-5-14(12)15/h3-6,10-11,13,16H,7-9H2,1-2H3. The second-order valence-corrected chi connectivity index (χ2v) is 5.65. The number of aliphatic hydroxyl groups is 1. The van der Waals surface area contributed by atoms with Gasteiger partial charge in [-0.2, -0.15) is 0 Å². The lowest BCUT2D eigenvalue weighted by Crippen LogP contribution is -2.14. The highest BCUT2D eigenvalue weighted by molar-refractivity contribution is 7.17. The van der Waals surface area contributed by atoms with Crippen molar-refractivity contribution in [1.29, 1.82) is 0 Å². The molecular weight excluding hydrogens is 244 g/mol. The number of hydrogen-bond acceptors (Lipinski definition) is 3. The third-order valence-corrected chi connectivity index (χ3v) is 4.34. The van der Waals surface area contributed by atoms with Crippen LogP contribution in [0.3, 0.4) is 0 Å². The maximum atomic E-state index is 10.1. The van der Waals surface area contributed by atoms with Crippen LogP contribution in [0, 0.1) is 0 Å². The van der Waals surface area contributed by atoms with E-state index in [0.29, 0.717) is 0 Å². The summed E-state index contributed by atoms with van der Waals surface area (Å²) in [5.74, 6) is 0. The molecule has 0 aliphatic carbocycles. The van der Waals surface area contributed by atoms with Crippen LogP contribution in [0.2, 0.25) is 0 Å². The highest BCUT2D eigenvalue weighted by Gasteiger charge is 2.11. The minimum absolute atomic E-state index is 0.221. The molecule has 1 aromatic heterocycles. The molecule has 0 saturated carbocycles. The fourth-order valence-corrected chi connectivity index (χ4v) is 3.07. The molecule has 0 bridgehead atoms. The topological polar surface area (TPSA) is 29.5 Å². The van der Waals surface area contributed by atoms with Crippen molar-refractivity contribution < 1.29 is 9.84 Å². The molecule has 18 heavy (non-hydrogen) atoms. The van der Waals surface area contributed by atoms with E-state index in [9.17, 15) is 5.11 Å². The van der Waals surface area contributed by atoms with Crippen LogP contribution in [0.25, 0.3) is 10.1 Å². The predicted molar refractivity (Wildman–Crippen MR) is 77.2 cm³/mol. The van der Waals surface area contributed by atoms with Gasteiger partial charge in [0.2, 0.25) is 0 Å². The normalized spacial score (nSPS) is 14.8. The predicted octanol–water partition coefficient (Wildman–Crippen LogP) is 3.62. The van der Waals surface area contributed by atoms with Crippen LogP contribution in [-0.4, -0.2) is 24.4 Å². The van der Waals surface area contributed by atoms with Gasteiger partial charge in [-0.1, -0.05) is 18.2 Å². The van der Waals surface area contributed by atoms with E-state index in [4.69, 9.17) is 4.74 Å². The fraction of sp³-hybridized carbons (Fsp3) is 0.467. The summed E-state index contributed by atoms with van der Waals surface area (Å²) in [4.78, 5) is 0. The van der Waals surface area contributed by atoms with Crippen LogP contribution < -0.4 is 0 Å². The molecule has 98 valence electrons. The van der Waals surface area contributed by atoms with Gasteiger partial charge in [0.1, 0.15) is 0 Å². The molecule has 1 N–H and O–H groups in total. The van der Waals surface area contributed by atoms with Crippen LogP contribution in [0.4, 0.5) is 0 Å². The van der Waals surface area contributed by atoms with Crippen LogP contribution in [0.15, 0.2) is 29.6 Å². The van der Waals surface area contributed by atoms with Gasteiger partial charge in [-0.25, -0.2) is 0 Å². The molecule has 2 aromatic rings. The van der Waals surface area contributed by atoms with Crippen LogP contribution >= 0.6 is 11.3 Å². The van der Waals surface area contributed by atoms with Crippen molar-refractivity contribution in [3.8, 4) is 0 Å². The highest BCUT2D eigenvalue weighted by Crippen LogP contribution is 2.27. The summed E-state index contributed by atoms with van der Waals surface area (Å²) in [6.07, 6.45) is 2.37. The van der Waals surface area contributed by atoms with Crippen LogP contribution in [0.1, 0.15) is 25.3 Å². The summed E-state index contributed by atoms with van der Waals surface area (Å²) in [6, 6.07) is 8.37. The molecule has 0 aliphatic heterocycles. The molecule has 2 unspecified atom stereocenters. The molecule has 1 aromatic carbocycles. The average molecular weight is 264 g/mol. The fourth-order valence-electron chi connectivity index (χ4n) is 2.09. The number of methoxy groups -OCH3 is 1. The lowest BCUT2D eigenvalue weighted by atomic mass is 10.0. The van der Waals surface area contributed by atoms with Crippen molar-refractivity contribution in [3.05, 3.63) is 35.2 Å². The molecule has 1 heterocycles. The van der Waals surface area contributed by atoms with Gasteiger partial charge in [0.25, 0.3) is 0 Å². The van der Waals surface area contributed by atoms with Crippen molar-refractivity contribution in [3.63, 3.8) is 0 Å². The van der Waals surface area contributed by atoms with Gasteiger partial charge in [-0.15, -0.1) is 11.3 Å². The van der Waals surface area contributed by atoms with Crippen LogP contribution in [-0.2, 0) is 11.2 Å². The zero-order valence-electron chi connectivity index (χ0n) is 10.9. The van der Waals surface area contributed by atoms with E-state index in [1.54, 1.807) is 18.4 Å². The summed E-state index contributed by atoms with van der Waals surface area (Å²) < 4.78 is 6.49. The largest absolute Gasteiger partial charge is 0.393 e. The van der Waals surface area contributed by atoms with E-state index in [2.05, 4.69) is 29.6 Å². The lowest BCUT2D eigenvalue weighted by molar-refractivity contribution is 0.0852. The Hall–Kier alpha value is -0.900. The first kappa shape index (κ1) is 13.5. The van der Waals surface area contributed by atoms with Crippen molar-refractivity contribution >= 4 is 21.4 Å². The summed E-state index contributed by atoms with van der Waals surface area (Å²) >= 11 is 1.75. The third kappa shape index (κ3) is 3.31. The second-order valence-electron chi connectivity index (χ2n) is 4.74. The molecule has 2 nitrogen and oxygen atoms in total. The number of aliphatic hydroxyl groups excluding tert-OH is 1. The third-order valence-electron chi connectivity index (χ3n) is 3.33. The quantitative estimate of drug-likeness (QED) is 0.863. The summed E-state index contributed by atoms with van der Waals surface area (Å²) in [7, 11) is 1.71. The van der Waals surface area contributed by atoms with Gasteiger partial charge >= 0.3 is 0 Å². The van der Waals surface area contributed by atoms with Gasteiger partial charge in [0, 0.05) is 11.8 Å². The number of ether oxygens (including phenoxy) is 1. The Bertz CT molecular complexity index is 492. The highest BCUT2D eigenvalue weighted by atomic mass is 32.1. The molecule has 3 heteroatoms. The molecule has 0 radical (unpaired) electrons. The van der Waals surface area contributed by atoms with Crippen molar-refractivity contribution in [2.75, 3.05) is 7.11 Å². The number of rotatable bonds is 6. The van der Waals surface area contributed by atoms with Gasteiger partial charge in [-0.05, 0) is 48.6 Å². The van der Waals surface area contributed by atoms with E-state index in [1.165, 1.54) is 15.6 Å². The van der Waals surface area contributed by atoms with Gasteiger partial charge < -0.3 is 9.84 Å². The van der Waals surface area contributed by atoms with Gasteiger partial charge in [0.15, 0.2) is 0 Å². The average Bonchev–Trinajstić information content (AvgIpc) is 2.79. The Labute approximate surface area is 112 Å². The first-order valence-corrected chi connectivity index (χ1v) is 7.24. The zero-order chi connectivity index (χ0) is 13.0. The van der Waals surface area contributed by atoms with Crippen molar-refractivity contribution in [2.45, 2.75) is 38.4 Å². The van der Waals surface area contributed by atoms with Gasteiger partial charge in [-0.3, -0.25) is 0 Å². The number of thiophene rings is 1. The SMILES string of the molecule is COC(C)CCC(O)Cc1csc2ccccc12. The number of fused-ring (bicyclic) bond motifs is 1. The van der Waals surface area contributed by atoms with Gasteiger partial charge in [0.05, 0.1) is 12.2 Å². The Kier molecular flexibility index (Phi) is 4.75.